The van der Waals surface area contributed by atoms with Crippen molar-refractivity contribution >= 4 is 11.7 Å². The number of methoxy groups -OCH3 is 1. The predicted molar refractivity (Wildman–Crippen MR) is 55.2 cm³/mol. The summed E-state index contributed by atoms with van der Waals surface area (Å²) < 4.78 is 42.7. The molecule has 0 atom stereocenters. The number of ether oxygens (including phenoxy) is 1. The van der Waals surface area contributed by atoms with Crippen LogP contribution in [0.15, 0.2) is 23.4 Å². The Bertz CT molecular complexity index is 523. The van der Waals surface area contributed by atoms with Crippen LogP contribution in [0.3, 0.4) is 0 Å². The number of esters is 1. The molecule has 0 fully saturated rings. The lowest BCUT2D eigenvalue weighted by molar-refractivity contribution is -0.138. The van der Waals surface area contributed by atoms with Crippen molar-refractivity contribution in [2.75, 3.05) is 7.11 Å². The summed E-state index contributed by atoms with van der Waals surface area (Å²) in [4.78, 5) is 16.0. The molecule has 0 spiro atoms. The highest BCUT2D eigenvalue weighted by Crippen LogP contribution is 2.37. The average molecular weight is 259 g/mol. The SMILES string of the molecule is COC(=O)C1=NOc2cccc(C(F)(F)F)c2C1. The van der Waals surface area contributed by atoms with E-state index < -0.39 is 17.7 Å². The molecule has 18 heavy (non-hydrogen) atoms. The minimum Gasteiger partial charge on any atom is -0.464 e. The Morgan fingerprint density at radius 2 is 2.17 bits per heavy atom. The van der Waals surface area contributed by atoms with E-state index in [4.69, 9.17) is 4.84 Å². The Morgan fingerprint density at radius 1 is 1.44 bits per heavy atom. The molecule has 96 valence electrons. The first kappa shape index (κ1) is 12.4. The van der Waals surface area contributed by atoms with Gasteiger partial charge in [-0.05, 0) is 12.1 Å². The molecule has 7 heteroatoms. The van der Waals surface area contributed by atoms with Gasteiger partial charge in [0, 0.05) is 12.0 Å². The van der Waals surface area contributed by atoms with Gasteiger partial charge >= 0.3 is 12.1 Å². The van der Waals surface area contributed by atoms with Crippen molar-refractivity contribution in [3.8, 4) is 5.75 Å². The first-order valence-corrected chi connectivity index (χ1v) is 4.94. The predicted octanol–water partition coefficient (Wildman–Crippen LogP) is 2.17. The lowest BCUT2D eigenvalue weighted by atomic mass is 9.99. The third-order valence-corrected chi connectivity index (χ3v) is 2.46. The Hall–Kier alpha value is -2.05. The van der Waals surface area contributed by atoms with Crippen LogP contribution in [0.4, 0.5) is 13.2 Å². The number of nitrogens with zero attached hydrogens (tertiary/aromatic N) is 1. The van der Waals surface area contributed by atoms with Crippen LogP contribution in [0.1, 0.15) is 11.1 Å². The Balaban J connectivity index is 2.42. The molecule has 0 unspecified atom stereocenters. The number of oxime groups is 1. The third kappa shape index (κ3) is 2.15. The zero-order chi connectivity index (χ0) is 13.3. The fraction of sp³-hybridized carbons (Fsp3) is 0.273. The van der Waals surface area contributed by atoms with Crippen molar-refractivity contribution in [1.29, 1.82) is 0 Å². The van der Waals surface area contributed by atoms with Crippen LogP contribution in [-0.4, -0.2) is 18.8 Å². The van der Waals surface area contributed by atoms with E-state index in [0.717, 1.165) is 13.2 Å². The van der Waals surface area contributed by atoms with Crippen LogP contribution < -0.4 is 4.84 Å². The lowest BCUT2D eigenvalue weighted by Gasteiger charge is -2.18. The van der Waals surface area contributed by atoms with E-state index in [9.17, 15) is 18.0 Å². The Labute approximate surface area is 100.0 Å². The summed E-state index contributed by atoms with van der Waals surface area (Å²) in [5.41, 5.74) is -1.14. The van der Waals surface area contributed by atoms with Gasteiger partial charge in [0.2, 0.25) is 0 Å². The van der Waals surface area contributed by atoms with Crippen molar-refractivity contribution in [2.24, 2.45) is 5.16 Å². The number of hydrogen-bond acceptors (Lipinski definition) is 4. The Kier molecular flexibility index (Phi) is 2.98. The summed E-state index contributed by atoms with van der Waals surface area (Å²) in [5, 5.41) is 3.44. The number of fused-ring (bicyclic) bond motifs is 1. The maximum Gasteiger partial charge on any atom is 0.416 e. The van der Waals surface area contributed by atoms with Crippen LogP contribution in [0, 0.1) is 0 Å². The normalized spacial score (nSPS) is 14.3. The molecule has 4 nitrogen and oxygen atoms in total. The highest BCUT2D eigenvalue weighted by molar-refractivity contribution is 6.37. The van der Waals surface area contributed by atoms with Gasteiger partial charge < -0.3 is 9.57 Å². The molecule has 0 saturated heterocycles. The van der Waals surface area contributed by atoms with Crippen LogP contribution in [-0.2, 0) is 22.1 Å². The molecular formula is C11H8F3NO3. The number of carbonyl (C=O) groups is 1. The highest BCUT2D eigenvalue weighted by atomic mass is 19.4. The number of benzene rings is 1. The standard InChI is InChI=1S/C11H8F3NO3/c1-17-10(16)8-5-6-7(11(12,13)14)3-2-4-9(6)18-15-8/h2-4H,5H2,1H3. The van der Waals surface area contributed by atoms with Gasteiger partial charge in [-0.1, -0.05) is 11.2 Å². The van der Waals surface area contributed by atoms with Gasteiger partial charge in [-0.25, -0.2) is 4.79 Å². The number of halogens is 3. The van der Waals surface area contributed by atoms with Gasteiger partial charge in [0.1, 0.15) is 0 Å². The third-order valence-electron chi connectivity index (χ3n) is 2.46. The molecule has 0 saturated carbocycles. The molecule has 0 amide bonds. The van der Waals surface area contributed by atoms with Gasteiger partial charge in [-0.15, -0.1) is 0 Å². The number of alkyl halides is 3. The van der Waals surface area contributed by atoms with Crippen molar-refractivity contribution in [3.05, 3.63) is 29.3 Å². The van der Waals surface area contributed by atoms with Gasteiger partial charge in [0.15, 0.2) is 11.5 Å². The molecule has 0 aromatic heterocycles. The second-order valence-electron chi connectivity index (χ2n) is 3.58. The van der Waals surface area contributed by atoms with Crippen molar-refractivity contribution in [3.63, 3.8) is 0 Å². The molecule has 1 aromatic carbocycles. The van der Waals surface area contributed by atoms with E-state index in [1.807, 2.05) is 0 Å². The summed E-state index contributed by atoms with van der Waals surface area (Å²) in [5.74, 6) is -0.810. The maximum absolute atomic E-state index is 12.8. The molecule has 2 rings (SSSR count). The average Bonchev–Trinajstić information content (AvgIpc) is 2.35. The van der Waals surface area contributed by atoms with Gasteiger partial charge in [-0.2, -0.15) is 13.2 Å². The summed E-state index contributed by atoms with van der Waals surface area (Å²) in [6, 6.07) is 3.52. The van der Waals surface area contributed by atoms with Crippen LogP contribution >= 0.6 is 0 Å². The lowest BCUT2D eigenvalue weighted by Crippen LogP contribution is -2.24. The van der Waals surface area contributed by atoms with E-state index in [-0.39, 0.29) is 23.4 Å². The fourth-order valence-corrected chi connectivity index (χ4v) is 1.63. The highest BCUT2D eigenvalue weighted by Gasteiger charge is 2.36. The summed E-state index contributed by atoms with van der Waals surface area (Å²) in [6.45, 7) is 0. The van der Waals surface area contributed by atoms with Crippen LogP contribution in [0.25, 0.3) is 0 Å². The molecule has 1 heterocycles. The molecule has 1 aliphatic rings. The monoisotopic (exact) mass is 259 g/mol. The summed E-state index contributed by atoms with van der Waals surface area (Å²) in [6.07, 6.45) is -4.77. The number of carbonyl (C=O) groups excluding carboxylic acids is 1. The minimum atomic E-state index is -4.51. The van der Waals surface area contributed by atoms with E-state index in [1.54, 1.807) is 0 Å². The van der Waals surface area contributed by atoms with Gasteiger partial charge in [0.05, 0.1) is 12.7 Å². The molecule has 0 radical (unpaired) electrons. The van der Waals surface area contributed by atoms with Crippen LogP contribution in [0.5, 0.6) is 5.75 Å². The first-order chi connectivity index (χ1) is 8.43. The largest absolute Gasteiger partial charge is 0.464 e. The molecule has 1 aromatic rings. The van der Waals surface area contributed by atoms with E-state index in [0.29, 0.717) is 0 Å². The topological polar surface area (TPSA) is 47.9 Å². The fourth-order valence-electron chi connectivity index (χ4n) is 1.63. The smallest absolute Gasteiger partial charge is 0.416 e. The summed E-state index contributed by atoms with van der Waals surface area (Å²) in [7, 11) is 1.12. The minimum absolute atomic E-state index is 0.00234. The van der Waals surface area contributed by atoms with E-state index >= 15 is 0 Å². The zero-order valence-electron chi connectivity index (χ0n) is 9.25. The molecule has 1 aliphatic heterocycles. The van der Waals surface area contributed by atoms with E-state index in [2.05, 4.69) is 9.89 Å². The first-order valence-electron chi connectivity index (χ1n) is 4.94. The summed E-state index contributed by atoms with van der Waals surface area (Å²) >= 11 is 0. The maximum atomic E-state index is 12.8. The second kappa shape index (κ2) is 4.32. The van der Waals surface area contributed by atoms with Gasteiger partial charge in [-0.3, -0.25) is 0 Å². The van der Waals surface area contributed by atoms with Crippen molar-refractivity contribution in [2.45, 2.75) is 12.6 Å². The second-order valence-corrected chi connectivity index (χ2v) is 3.58. The van der Waals surface area contributed by atoms with E-state index in [1.165, 1.54) is 12.1 Å². The number of rotatable bonds is 1. The number of hydrogen-bond donors (Lipinski definition) is 0. The Morgan fingerprint density at radius 3 is 2.78 bits per heavy atom. The van der Waals surface area contributed by atoms with Crippen molar-refractivity contribution in [1.82, 2.24) is 0 Å². The molecule has 0 aliphatic carbocycles. The van der Waals surface area contributed by atoms with Gasteiger partial charge in [0.25, 0.3) is 0 Å². The van der Waals surface area contributed by atoms with Crippen LogP contribution in [0.2, 0.25) is 0 Å². The quantitative estimate of drug-likeness (QED) is 0.726. The molecule has 0 N–H and O–H groups in total. The molecule has 0 bridgehead atoms. The molecular weight excluding hydrogens is 251 g/mol. The van der Waals surface area contributed by atoms with Crippen molar-refractivity contribution < 1.29 is 27.5 Å². The zero-order valence-corrected chi connectivity index (χ0v) is 9.25.